The minimum absolute atomic E-state index is 0.166. The molecule has 0 amide bonds. The van der Waals surface area contributed by atoms with E-state index in [2.05, 4.69) is 0 Å². The monoisotopic (exact) mass is 402 g/mol. The zero-order chi connectivity index (χ0) is 21.1. The second kappa shape index (κ2) is 8.33. The molecule has 0 saturated carbocycles. The third-order valence-electron chi connectivity index (χ3n) is 5.00. The van der Waals surface area contributed by atoms with Crippen molar-refractivity contribution in [3.63, 3.8) is 0 Å². The van der Waals surface area contributed by atoms with Gasteiger partial charge in [0.15, 0.2) is 5.76 Å². The Labute approximate surface area is 175 Å². The summed E-state index contributed by atoms with van der Waals surface area (Å²) in [6, 6.07) is 18.9. The molecule has 0 saturated heterocycles. The summed E-state index contributed by atoms with van der Waals surface area (Å²) >= 11 is 0. The molecule has 152 valence electrons. The highest BCUT2D eigenvalue weighted by Gasteiger charge is 2.30. The summed E-state index contributed by atoms with van der Waals surface area (Å²) in [5, 5.41) is 0. The molecule has 0 N–H and O–H groups in total. The van der Waals surface area contributed by atoms with Gasteiger partial charge >= 0.3 is 0 Å². The van der Waals surface area contributed by atoms with Gasteiger partial charge < -0.3 is 18.9 Å². The number of hydrogen-bond acceptors (Lipinski definition) is 5. The van der Waals surface area contributed by atoms with Crippen molar-refractivity contribution < 1.29 is 23.7 Å². The number of methoxy groups -OCH3 is 2. The molecule has 0 atom stereocenters. The maximum absolute atomic E-state index is 12.9. The average Bonchev–Trinajstić information content (AvgIpc) is 3.10. The van der Waals surface area contributed by atoms with Gasteiger partial charge in [-0.25, -0.2) is 0 Å². The van der Waals surface area contributed by atoms with Crippen LogP contribution in [-0.4, -0.2) is 20.0 Å². The Balaban J connectivity index is 1.60. The number of hydrogen-bond donors (Lipinski definition) is 0. The topological polar surface area (TPSA) is 54.0 Å². The Hall–Kier alpha value is -3.73. The van der Waals surface area contributed by atoms with E-state index >= 15 is 0 Å². The molecule has 0 bridgehead atoms. The maximum atomic E-state index is 12.9. The molecule has 1 aliphatic heterocycles. The van der Waals surface area contributed by atoms with Crippen molar-refractivity contribution in [2.24, 2.45) is 0 Å². The molecular weight excluding hydrogens is 380 g/mol. The van der Waals surface area contributed by atoms with E-state index < -0.39 is 0 Å². The van der Waals surface area contributed by atoms with Gasteiger partial charge in [-0.05, 0) is 42.8 Å². The number of rotatable bonds is 6. The number of ether oxygens (including phenoxy) is 4. The first-order chi connectivity index (χ1) is 14.6. The van der Waals surface area contributed by atoms with Crippen molar-refractivity contribution in [3.05, 3.63) is 88.7 Å². The van der Waals surface area contributed by atoms with E-state index in [4.69, 9.17) is 18.9 Å². The summed E-state index contributed by atoms with van der Waals surface area (Å²) in [4.78, 5) is 12.9. The fraction of sp³-hybridized carbons (Fsp3) is 0.160. The summed E-state index contributed by atoms with van der Waals surface area (Å²) in [5.41, 5.74) is 3.12. The molecule has 3 aromatic carbocycles. The number of allylic oxidation sites excluding steroid dienone is 1. The predicted molar refractivity (Wildman–Crippen MR) is 114 cm³/mol. The third kappa shape index (κ3) is 3.74. The zero-order valence-electron chi connectivity index (χ0n) is 17.1. The average molecular weight is 402 g/mol. The van der Waals surface area contributed by atoms with E-state index in [1.807, 2.05) is 55.5 Å². The largest absolute Gasteiger partial charge is 0.497 e. The minimum Gasteiger partial charge on any atom is -0.497 e. The lowest BCUT2D eigenvalue weighted by atomic mass is 10.1. The second-order valence-corrected chi connectivity index (χ2v) is 6.89. The molecule has 0 spiro atoms. The van der Waals surface area contributed by atoms with E-state index in [9.17, 15) is 4.79 Å². The lowest BCUT2D eigenvalue weighted by Gasteiger charge is -2.11. The molecule has 1 aliphatic rings. The van der Waals surface area contributed by atoms with Crippen LogP contribution in [0.25, 0.3) is 6.08 Å². The highest BCUT2D eigenvalue weighted by molar-refractivity contribution is 6.15. The second-order valence-electron chi connectivity index (χ2n) is 6.89. The Bertz CT molecular complexity index is 1120. The van der Waals surface area contributed by atoms with Crippen LogP contribution in [0.15, 0.2) is 66.4 Å². The molecule has 0 aliphatic carbocycles. The van der Waals surface area contributed by atoms with E-state index in [0.717, 1.165) is 16.7 Å². The van der Waals surface area contributed by atoms with Gasteiger partial charge in [0.05, 0.1) is 19.8 Å². The number of carbonyl (C=O) groups is 1. The highest BCUT2D eigenvalue weighted by Crippen LogP contribution is 2.40. The fourth-order valence-corrected chi connectivity index (χ4v) is 3.34. The van der Waals surface area contributed by atoms with Crippen LogP contribution in [0.3, 0.4) is 0 Å². The van der Waals surface area contributed by atoms with Crippen LogP contribution in [0.5, 0.6) is 23.0 Å². The van der Waals surface area contributed by atoms with Crippen molar-refractivity contribution in [1.29, 1.82) is 0 Å². The van der Waals surface area contributed by atoms with Crippen LogP contribution < -0.4 is 18.9 Å². The molecular formula is C25H22O5. The molecule has 5 nitrogen and oxygen atoms in total. The predicted octanol–water partition coefficient (Wildman–Crippen LogP) is 5.21. The van der Waals surface area contributed by atoms with Gasteiger partial charge in [-0.3, -0.25) is 4.79 Å². The fourth-order valence-electron chi connectivity index (χ4n) is 3.34. The first-order valence-corrected chi connectivity index (χ1v) is 9.57. The molecule has 5 heteroatoms. The van der Waals surface area contributed by atoms with Gasteiger partial charge in [-0.1, -0.05) is 30.3 Å². The Morgan fingerprint density at radius 1 is 0.933 bits per heavy atom. The van der Waals surface area contributed by atoms with Crippen LogP contribution in [-0.2, 0) is 6.61 Å². The normalized spacial score (nSPS) is 13.7. The smallest absolute Gasteiger partial charge is 0.231 e. The van der Waals surface area contributed by atoms with Gasteiger partial charge in [0, 0.05) is 17.2 Å². The molecule has 0 radical (unpaired) electrons. The molecule has 0 fully saturated rings. The minimum atomic E-state index is -0.166. The van der Waals surface area contributed by atoms with Gasteiger partial charge in [-0.2, -0.15) is 0 Å². The van der Waals surface area contributed by atoms with E-state index in [1.165, 1.54) is 0 Å². The Morgan fingerprint density at radius 2 is 1.73 bits per heavy atom. The lowest BCUT2D eigenvalue weighted by Crippen LogP contribution is -1.99. The number of carbonyl (C=O) groups excluding carboxylic acids is 1. The quantitative estimate of drug-likeness (QED) is 0.530. The van der Waals surface area contributed by atoms with Gasteiger partial charge in [-0.15, -0.1) is 0 Å². The number of ketones is 1. The summed E-state index contributed by atoms with van der Waals surface area (Å²) in [6.07, 6.45) is 1.69. The van der Waals surface area contributed by atoms with Crippen LogP contribution >= 0.6 is 0 Å². The summed E-state index contributed by atoms with van der Waals surface area (Å²) in [5.74, 6) is 2.57. The summed E-state index contributed by atoms with van der Waals surface area (Å²) < 4.78 is 22.5. The standard InChI is InChI=1S/C25H22O5/c1-16-21(29-15-17-7-5-4-6-8-17)12-11-20-24(26)23(30-25(16)20)13-18-9-10-19(27-2)14-22(18)28-3/h4-14H,15H2,1-3H3/b23-13-. The van der Waals surface area contributed by atoms with Crippen molar-refractivity contribution in [2.75, 3.05) is 14.2 Å². The van der Waals surface area contributed by atoms with Gasteiger partial charge in [0.1, 0.15) is 29.6 Å². The third-order valence-corrected chi connectivity index (χ3v) is 5.00. The first-order valence-electron chi connectivity index (χ1n) is 9.57. The molecule has 30 heavy (non-hydrogen) atoms. The molecule has 1 heterocycles. The van der Waals surface area contributed by atoms with Crippen molar-refractivity contribution in [3.8, 4) is 23.0 Å². The summed E-state index contributed by atoms with van der Waals surface area (Å²) in [7, 11) is 3.16. The highest BCUT2D eigenvalue weighted by atomic mass is 16.5. The Kier molecular flexibility index (Phi) is 5.44. The zero-order valence-corrected chi connectivity index (χ0v) is 17.1. The van der Waals surface area contributed by atoms with Crippen molar-refractivity contribution >= 4 is 11.9 Å². The SMILES string of the molecule is COc1ccc(/C=C2\Oc3c(ccc(OCc4ccccc4)c3C)C2=O)c(OC)c1. The number of Topliss-reactive ketones (excluding diaryl/α,β-unsaturated/α-hetero) is 1. The number of benzene rings is 3. The molecule has 3 aromatic rings. The lowest BCUT2D eigenvalue weighted by molar-refractivity contribution is 0.101. The van der Waals surface area contributed by atoms with E-state index in [0.29, 0.717) is 35.2 Å². The van der Waals surface area contributed by atoms with Crippen LogP contribution in [0, 0.1) is 6.92 Å². The van der Waals surface area contributed by atoms with Crippen LogP contribution in [0.4, 0.5) is 0 Å². The molecule has 0 unspecified atom stereocenters. The van der Waals surface area contributed by atoms with Crippen molar-refractivity contribution in [2.45, 2.75) is 13.5 Å². The maximum Gasteiger partial charge on any atom is 0.231 e. The summed E-state index contributed by atoms with van der Waals surface area (Å²) in [6.45, 7) is 2.34. The molecule has 0 aromatic heterocycles. The van der Waals surface area contributed by atoms with Gasteiger partial charge in [0.25, 0.3) is 0 Å². The number of fused-ring (bicyclic) bond motifs is 1. The first kappa shape index (κ1) is 19.6. The van der Waals surface area contributed by atoms with E-state index in [-0.39, 0.29) is 11.5 Å². The Morgan fingerprint density at radius 3 is 2.47 bits per heavy atom. The molecule has 4 rings (SSSR count). The van der Waals surface area contributed by atoms with E-state index in [1.54, 1.807) is 32.4 Å². The van der Waals surface area contributed by atoms with Crippen LogP contribution in [0.1, 0.15) is 27.0 Å². The van der Waals surface area contributed by atoms with Crippen molar-refractivity contribution in [1.82, 2.24) is 0 Å². The van der Waals surface area contributed by atoms with Gasteiger partial charge in [0.2, 0.25) is 5.78 Å². The van der Waals surface area contributed by atoms with Crippen LogP contribution in [0.2, 0.25) is 0 Å².